The summed E-state index contributed by atoms with van der Waals surface area (Å²) in [6.07, 6.45) is 2.63. The fourth-order valence-electron chi connectivity index (χ4n) is 4.14. The number of nitrogens with zero attached hydrogens (tertiary/aromatic N) is 4. The van der Waals surface area contributed by atoms with E-state index in [1.165, 1.54) is 6.33 Å². The van der Waals surface area contributed by atoms with Crippen molar-refractivity contribution in [3.05, 3.63) is 41.6 Å². The van der Waals surface area contributed by atoms with Crippen LogP contribution < -0.4 is 9.64 Å². The number of sulfonamides is 1. The summed E-state index contributed by atoms with van der Waals surface area (Å²) in [7, 11) is -2.06. The quantitative estimate of drug-likeness (QED) is 0.757. The van der Waals surface area contributed by atoms with Crippen molar-refractivity contribution in [2.75, 3.05) is 25.1 Å². The van der Waals surface area contributed by atoms with Crippen molar-refractivity contribution in [2.24, 2.45) is 0 Å². The van der Waals surface area contributed by atoms with Gasteiger partial charge >= 0.3 is 0 Å². The number of rotatable bonds is 5. The third-order valence-electron chi connectivity index (χ3n) is 5.55. The first kappa shape index (κ1) is 19.1. The molecule has 2 aromatic rings. The van der Waals surface area contributed by atoms with Crippen molar-refractivity contribution in [3.8, 4) is 5.75 Å². The van der Waals surface area contributed by atoms with Gasteiger partial charge in [0.15, 0.2) is 11.6 Å². The second-order valence-electron chi connectivity index (χ2n) is 7.23. The van der Waals surface area contributed by atoms with Gasteiger partial charge in [-0.05, 0) is 43.5 Å². The van der Waals surface area contributed by atoms with Gasteiger partial charge in [0.25, 0.3) is 0 Å². The highest BCUT2D eigenvalue weighted by atomic mass is 32.2. The highest BCUT2D eigenvalue weighted by Gasteiger charge is 2.51. The molecule has 150 valence electrons. The maximum absolute atomic E-state index is 14.6. The molecule has 7 nitrogen and oxygen atoms in total. The maximum Gasteiger partial charge on any atom is 0.243 e. The van der Waals surface area contributed by atoms with Crippen LogP contribution in [0.3, 0.4) is 0 Å². The average Bonchev–Trinajstić information content (AvgIpc) is 2.67. The zero-order valence-electron chi connectivity index (χ0n) is 16.1. The van der Waals surface area contributed by atoms with Crippen LogP contribution in [0, 0.1) is 12.7 Å². The normalized spacial score (nSPS) is 22.1. The molecule has 0 aliphatic carbocycles. The van der Waals surface area contributed by atoms with Gasteiger partial charge in [0.05, 0.1) is 17.7 Å². The molecule has 2 atom stereocenters. The Bertz CT molecular complexity index is 1000. The first-order chi connectivity index (χ1) is 13.4. The van der Waals surface area contributed by atoms with Crippen molar-refractivity contribution < 1.29 is 17.5 Å². The van der Waals surface area contributed by atoms with Crippen molar-refractivity contribution in [1.82, 2.24) is 14.3 Å². The molecule has 1 aromatic carbocycles. The highest BCUT2D eigenvalue weighted by molar-refractivity contribution is 7.89. The van der Waals surface area contributed by atoms with E-state index in [1.807, 2.05) is 18.7 Å². The molecule has 9 heteroatoms. The molecule has 3 saturated heterocycles. The van der Waals surface area contributed by atoms with E-state index in [9.17, 15) is 12.8 Å². The standard InChI is InChI=1S/C19H23FN4O3S/c1-4-16-18(20)19(22-11-21-16)23-9-13-8-14(10-23)24(13)28(25,26)15-5-6-17(27-3)12(2)7-15/h5-7,11,13-14H,4,8-10H2,1-3H3. The second-order valence-corrected chi connectivity index (χ2v) is 9.07. The fraction of sp³-hybridized carbons (Fsp3) is 0.474. The van der Waals surface area contributed by atoms with E-state index < -0.39 is 15.8 Å². The molecule has 2 unspecified atom stereocenters. The maximum atomic E-state index is 14.6. The molecule has 4 heterocycles. The third-order valence-corrected chi connectivity index (χ3v) is 7.55. The summed E-state index contributed by atoms with van der Waals surface area (Å²) in [4.78, 5) is 10.2. The van der Waals surface area contributed by atoms with Crippen LogP contribution >= 0.6 is 0 Å². The number of methoxy groups -OCH3 is 1. The Hall–Kier alpha value is -2.26. The Morgan fingerprint density at radius 2 is 1.96 bits per heavy atom. The van der Waals surface area contributed by atoms with Gasteiger partial charge in [-0.1, -0.05) is 6.92 Å². The monoisotopic (exact) mass is 406 g/mol. The van der Waals surface area contributed by atoms with Gasteiger partial charge in [-0.25, -0.2) is 22.8 Å². The van der Waals surface area contributed by atoms with Crippen LogP contribution in [0.2, 0.25) is 0 Å². The summed E-state index contributed by atoms with van der Waals surface area (Å²) in [6, 6.07) is 4.51. The number of benzene rings is 1. The van der Waals surface area contributed by atoms with Crippen LogP contribution in [0.1, 0.15) is 24.6 Å². The van der Waals surface area contributed by atoms with Crippen LogP contribution in [-0.4, -0.2) is 55.0 Å². The number of aryl methyl sites for hydroxylation is 2. The number of aromatic nitrogens is 2. The van der Waals surface area contributed by atoms with E-state index >= 15 is 0 Å². The summed E-state index contributed by atoms with van der Waals surface area (Å²) in [6.45, 7) is 4.50. The Morgan fingerprint density at radius 3 is 2.57 bits per heavy atom. The predicted octanol–water partition coefficient (Wildman–Crippen LogP) is 2.15. The number of ether oxygens (including phenoxy) is 1. The van der Waals surface area contributed by atoms with Gasteiger partial charge in [0, 0.05) is 25.2 Å². The van der Waals surface area contributed by atoms with Crippen molar-refractivity contribution >= 4 is 15.8 Å². The van der Waals surface area contributed by atoms with E-state index in [1.54, 1.807) is 29.6 Å². The van der Waals surface area contributed by atoms with Crippen molar-refractivity contribution in [2.45, 2.75) is 43.7 Å². The van der Waals surface area contributed by atoms with E-state index in [-0.39, 0.29) is 22.8 Å². The molecule has 0 saturated carbocycles. The third kappa shape index (κ3) is 2.93. The molecule has 0 radical (unpaired) electrons. The number of hydrogen-bond donors (Lipinski definition) is 0. The van der Waals surface area contributed by atoms with Gasteiger partial charge in [-0.3, -0.25) is 0 Å². The number of halogens is 1. The number of piperazine rings is 1. The highest BCUT2D eigenvalue weighted by Crippen LogP contribution is 2.39. The lowest BCUT2D eigenvalue weighted by atomic mass is 9.91. The van der Waals surface area contributed by atoms with Crippen molar-refractivity contribution in [1.29, 1.82) is 0 Å². The minimum atomic E-state index is -3.61. The summed E-state index contributed by atoms with van der Waals surface area (Å²) in [5, 5.41) is 0. The predicted molar refractivity (Wildman–Crippen MR) is 103 cm³/mol. The van der Waals surface area contributed by atoms with Gasteiger partial charge in [0.1, 0.15) is 12.1 Å². The smallest absolute Gasteiger partial charge is 0.243 e. The van der Waals surface area contributed by atoms with E-state index in [2.05, 4.69) is 9.97 Å². The number of anilines is 1. The van der Waals surface area contributed by atoms with Gasteiger partial charge < -0.3 is 9.64 Å². The summed E-state index contributed by atoms with van der Waals surface area (Å²) >= 11 is 0. The average molecular weight is 406 g/mol. The van der Waals surface area contributed by atoms with Crippen molar-refractivity contribution in [3.63, 3.8) is 0 Å². The van der Waals surface area contributed by atoms with E-state index in [0.29, 0.717) is 31.0 Å². The number of hydrogen-bond acceptors (Lipinski definition) is 6. The molecule has 0 spiro atoms. The molecule has 0 N–H and O–H groups in total. The number of piperidine rings is 1. The first-order valence-electron chi connectivity index (χ1n) is 9.29. The van der Waals surface area contributed by atoms with Crippen LogP contribution in [0.25, 0.3) is 0 Å². The lowest BCUT2D eigenvalue weighted by Crippen LogP contribution is -2.70. The first-order valence-corrected chi connectivity index (χ1v) is 10.7. The van der Waals surface area contributed by atoms with Crippen LogP contribution in [0.15, 0.2) is 29.4 Å². The van der Waals surface area contributed by atoms with E-state index in [0.717, 1.165) is 12.0 Å². The molecule has 3 fully saturated rings. The molecular weight excluding hydrogens is 383 g/mol. The van der Waals surface area contributed by atoms with E-state index in [4.69, 9.17) is 4.74 Å². The van der Waals surface area contributed by atoms with Crippen LogP contribution in [0.5, 0.6) is 5.75 Å². The largest absolute Gasteiger partial charge is 0.496 e. The molecule has 0 amide bonds. The minimum absolute atomic E-state index is 0.189. The summed E-state index contributed by atoms with van der Waals surface area (Å²) in [5.74, 6) is 0.505. The molecule has 1 aromatic heterocycles. The van der Waals surface area contributed by atoms with Crippen LogP contribution in [-0.2, 0) is 16.4 Å². The Kier molecular flexibility index (Phi) is 4.75. The molecule has 2 bridgehead atoms. The summed E-state index contributed by atoms with van der Waals surface area (Å²) < 4.78 is 47.7. The van der Waals surface area contributed by atoms with Crippen LogP contribution in [0.4, 0.5) is 10.2 Å². The Labute approximate surface area is 164 Å². The zero-order valence-corrected chi connectivity index (χ0v) is 16.9. The molecular formula is C19H23FN4O3S. The fourth-order valence-corrected chi connectivity index (χ4v) is 6.04. The minimum Gasteiger partial charge on any atom is -0.496 e. The van der Waals surface area contributed by atoms with Gasteiger partial charge in [-0.2, -0.15) is 4.31 Å². The second kappa shape index (κ2) is 6.97. The zero-order chi connectivity index (χ0) is 20.1. The lowest BCUT2D eigenvalue weighted by molar-refractivity contribution is 0.0870. The molecule has 5 rings (SSSR count). The lowest BCUT2D eigenvalue weighted by Gasteiger charge is -2.55. The molecule has 28 heavy (non-hydrogen) atoms. The number of fused-ring (bicyclic) bond motifs is 2. The topological polar surface area (TPSA) is 75.6 Å². The SMILES string of the molecule is CCc1ncnc(N2CC3CC(C2)N3S(=O)(=O)c2ccc(OC)c(C)c2)c1F. The summed E-state index contributed by atoms with van der Waals surface area (Å²) in [5.41, 5.74) is 1.15. The molecule has 3 aliphatic rings. The Morgan fingerprint density at radius 1 is 1.25 bits per heavy atom. The Balaban J connectivity index is 1.57. The molecule has 3 aliphatic heterocycles. The van der Waals surface area contributed by atoms with Gasteiger partial charge in [-0.15, -0.1) is 0 Å². The van der Waals surface area contributed by atoms with Gasteiger partial charge in [0.2, 0.25) is 10.0 Å².